The fourth-order valence-corrected chi connectivity index (χ4v) is 0.236. The standard InChI is InChI=1S/C5H10.C2H3N/c1-3-5-4-2;1-2-3/h3,5H,4H2,1-2H3;1H3. The van der Waals surface area contributed by atoms with Crippen LogP contribution in [0.15, 0.2) is 12.2 Å². The molecular formula is C7H13N. The van der Waals surface area contributed by atoms with Crippen molar-refractivity contribution in [3.63, 3.8) is 0 Å². The molecule has 0 N–H and O–H groups in total. The molecule has 0 saturated heterocycles. The van der Waals surface area contributed by atoms with Crippen LogP contribution in [0.4, 0.5) is 0 Å². The van der Waals surface area contributed by atoms with E-state index in [9.17, 15) is 0 Å². The van der Waals surface area contributed by atoms with Crippen LogP contribution < -0.4 is 0 Å². The zero-order valence-electron chi connectivity index (χ0n) is 5.81. The Labute approximate surface area is 51.6 Å². The lowest BCUT2D eigenvalue weighted by molar-refractivity contribution is 1.22. The average molecular weight is 111 g/mol. The van der Waals surface area contributed by atoms with E-state index >= 15 is 0 Å². The molecule has 0 aliphatic carbocycles. The van der Waals surface area contributed by atoms with Gasteiger partial charge in [-0.1, -0.05) is 19.1 Å². The molecule has 0 amide bonds. The number of rotatable bonds is 1. The molecule has 1 heteroatoms. The van der Waals surface area contributed by atoms with Gasteiger partial charge in [0.05, 0.1) is 6.07 Å². The number of allylic oxidation sites excluding steroid dienone is 2. The Bertz CT molecular complexity index is 76.9. The van der Waals surface area contributed by atoms with Crippen molar-refractivity contribution >= 4 is 0 Å². The van der Waals surface area contributed by atoms with Gasteiger partial charge >= 0.3 is 0 Å². The topological polar surface area (TPSA) is 23.8 Å². The summed E-state index contributed by atoms with van der Waals surface area (Å²) in [5.41, 5.74) is 0. The Morgan fingerprint density at radius 3 is 2.00 bits per heavy atom. The smallest absolute Gasteiger partial charge is 0.0587 e. The summed E-state index contributed by atoms with van der Waals surface area (Å²) in [6.45, 7) is 5.59. The number of nitrogens with zero attached hydrogens (tertiary/aromatic N) is 1. The second kappa shape index (κ2) is 16.3. The lowest BCUT2D eigenvalue weighted by Gasteiger charge is -1.65. The lowest BCUT2D eigenvalue weighted by atomic mass is 10.4. The maximum Gasteiger partial charge on any atom is 0.0587 e. The Hall–Kier alpha value is -0.770. The first-order valence-corrected chi connectivity index (χ1v) is 2.75. The summed E-state index contributed by atoms with van der Waals surface area (Å²) >= 11 is 0. The molecule has 0 aromatic rings. The van der Waals surface area contributed by atoms with Gasteiger partial charge in [-0.3, -0.25) is 0 Å². The zero-order valence-corrected chi connectivity index (χ0v) is 5.81. The van der Waals surface area contributed by atoms with Gasteiger partial charge in [0.15, 0.2) is 0 Å². The molecule has 0 fully saturated rings. The predicted molar refractivity (Wildman–Crippen MR) is 36.4 cm³/mol. The average Bonchev–Trinajstić information content (AvgIpc) is 1.71. The van der Waals surface area contributed by atoms with Gasteiger partial charge in [-0.25, -0.2) is 0 Å². The van der Waals surface area contributed by atoms with E-state index in [0.29, 0.717) is 0 Å². The summed E-state index contributed by atoms with van der Waals surface area (Å²) in [6, 6.07) is 1.75. The molecule has 0 atom stereocenters. The molecule has 46 valence electrons. The molecule has 0 aliphatic heterocycles. The first-order chi connectivity index (χ1) is 3.83. The molecule has 0 spiro atoms. The number of nitriles is 1. The molecule has 0 bridgehead atoms. The van der Waals surface area contributed by atoms with Crippen LogP contribution in [-0.2, 0) is 0 Å². The van der Waals surface area contributed by atoms with Crippen molar-refractivity contribution in [2.75, 3.05) is 0 Å². The normalized spacial score (nSPS) is 7.25. The van der Waals surface area contributed by atoms with Gasteiger partial charge in [0.2, 0.25) is 0 Å². The summed E-state index contributed by atoms with van der Waals surface area (Å²) in [4.78, 5) is 0. The van der Waals surface area contributed by atoms with Gasteiger partial charge in [0.1, 0.15) is 0 Å². The lowest BCUT2D eigenvalue weighted by Crippen LogP contribution is -1.43. The van der Waals surface area contributed by atoms with Crippen LogP contribution >= 0.6 is 0 Å². The summed E-state index contributed by atoms with van der Waals surface area (Å²) < 4.78 is 0. The second-order valence-corrected chi connectivity index (χ2v) is 1.20. The number of hydrogen-bond acceptors (Lipinski definition) is 1. The number of hydrogen-bond donors (Lipinski definition) is 0. The minimum absolute atomic E-state index is 1.16. The van der Waals surface area contributed by atoms with Crippen molar-refractivity contribution < 1.29 is 0 Å². The molecule has 1 nitrogen and oxygen atoms in total. The van der Waals surface area contributed by atoms with Gasteiger partial charge in [0.25, 0.3) is 0 Å². The molecule has 0 saturated carbocycles. The molecule has 0 rings (SSSR count). The fourth-order valence-electron chi connectivity index (χ4n) is 0.236. The highest BCUT2D eigenvalue weighted by Crippen LogP contribution is 1.73. The van der Waals surface area contributed by atoms with Gasteiger partial charge < -0.3 is 0 Å². The SMILES string of the molecule is CC#N.CC=CCC. The van der Waals surface area contributed by atoms with Gasteiger partial charge in [-0.15, -0.1) is 0 Å². The van der Waals surface area contributed by atoms with E-state index < -0.39 is 0 Å². The summed E-state index contributed by atoms with van der Waals surface area (Å²) in [5.74, 6) is 0. The molecule has 0 aromatic heterocycles. The third-order valence-electron chi connectivity index (χ3n) is 0.471. The van der Waals surface area contributed by atoms with Crippen LogP contribution in [0.2, 0.25) is 0 Å². The van der Waals surface area contributed by atoms with Crippen LogP contribution in [-0.4, -0.2) is 0 Å². The van der Waals surface area contributed by atoms with E-state index in [4.69, 9.17) is 5.26 Å². The van der Waals surface area contributed by atoms with Gasteiger partial charge in [-0.2, -0.15) is 5.26 Å². The van der Waals surface area contributed by atoms with E-state index in [1.54, 1.807) is 6.07 Å². The minimum atomic E-state index is 1.16. The van der Waals surface area contributed by atoms with Crippen molar-refractivity contribution in [1.82, 2.24) is 0 Å². The maximum atomic E-state index is 7.32. The van der Waals surface area contributed by atoms with E-state index in [2.05, 4.69) is 19.1 Å². The van der Waals surface area contributed by atoms with Gasteiger partial charge in [-0.05, 0) is 13.3 Å². The van der Waals surface area contributed by atoms with Crippen molar-refractivity contribution in [2.24, 2.45) is 0 Å². The molecule has 0 aromatic carbocycles. The highest BCUT2D eigenvalue weighted by molar-refractivity contribution is 4.73. The Kier molecular flexibility index (Phi) is 20.9. The highest BCUT2D eigenvalue weighted by atomic mass is 14.2. The van der Waals surface area contributed by atoms with Crippen molar-refractivity contribution in [1.29, 1.82) is 5.26 Å². The highest BCUT2D eigenvalue weighted by Gasteiger charge is 1.52. The van der Waals surface area contributed by atoms with E-state index in [1.165, 1.54) is 6.92 Å². The molecular weight excluding hydrogens is 98.1 g/mol. The monoisotopic (exact) mass is 111 g/mol. The molecule has 0 heterocycles. The second-order valence-electron chi connectivity index (χ2n) is 1.20. The maximum absolute atomic E-state index is 7.32. The molecule has 0 aliphatic rings. The van der Waals surface area contributed by atoms with Crippen molar-refractivity contribution in [3.8, 4) is 6.07 Å². The predicted octanol–water partition coefficient (Wildman–Crippen LogP) is 2.50. The third kappa shape index (κ3) is 61.9. The van der Waals surface area contributed by atoms with E-state index in [-0.39, 0.29) is 0 Å². The molecule has 0 unspecified atom stereocenters. The quantitative estimate of drug-likeness (QED) is 0.477. The fraction of sp³-hybridized carbons (Fsp3) is 0.571. The van der Waals surface area contributed by atoms with Crippen LogP contribution in [0.25, 0.3) is 0 Å². The largest absolute Gasteiger partial charge is 0.199 e. The third-order valence-corrected chi connectivity index (χ3v) is 0.471. The Morgan fingerprint density at radius 2 is 2.00 bits per heavy atom. The first-order valence-electron chi connectivity index (χ1n) is 2.75. The Morgan fingerprint density at radius 1 is 1.62 bits per heavy atom. The molecule has 0 radical (unpaired) electrons. The van der Waals surface area contributed by atoms with Gasteiger partial charge in [0, 0.05) is 6.92 Å². The van der Waals surface area contributed by atoms with Crippen LogP contribution in [0.3, 0.4) is 0 Å². The minimum Gasteiger partial charge on any atom is -0.199 e. The summed E-state index contributed by atoms with van der Waals surface area (Å²) in [7, 11) is 0. The van der Waals surface area contributed by atoms with Crippen LogP contribution in [0, 0.1) is 11.3 Å². The zero-order chi connectivity index (χ0) is 6.83. The van der Waals surface area contributed by atoms with E-state index in [0.717, 1.165) is 6.42 Å². The summed E-state index contributed by atoms with van der Waals surface area (Å²) in [5, 5.41) is 7.32. The molecule has 8 heavy (non-hydrogen) atoms. The van der Waals surface area contributed by atoms with Crippen molar-refractivity contribution in [3.05, 3.63) is 12.2 Å². The van der Waals surface area contributed by atoms with Crippen LogP contribution in [0.1, 0.15) is 27.2 Å². The van der Waals surface area contributed by atoms with E-state index in [1.807, 2.05) is 6.92 Å². The summed E-state index contributed by atoms with van der Waals surface area (Å²) in [6.07, 6.45) is 5.34. The van der Waals surface area contributed by atoms with Crippen LogP contribution in [0.5, 0.6) is 0 Å². The Balaban J connectivity index is 0. The van der Waals surface area contributed by atoms with Crippen molar-refractivity contribution in [2.45, 2.75) is 27.2 Å². The first kappa shape index (κ1) is 10.3.